The van der Waals surface area contributed by atoms with Crippen LogP contribution < -0.4 is 0 Å². The van der Waals surface area contributed by atoms with E-state index in [9.17, 15) is 14.0 Å². The van der Waals surface area contributed by atoms with E-state index in [1.165, 1.54) is 12.1 Å². The van der Waals surface area contributed by atoms with Crippen molar-refractivity contribution in [1.82, 2.24) is 0 Å². The normalized spacial score (nSPS) is 10.1. The number of ketones is 1. The molecule has 0 heterocycles. The molecule has 3 nitrogen and oxygen atoms in total. The summed E-state index contributed by atoms with van der Waals surface area (Å²) in [5.41, 5.74) is 0.517. The second-order valence-electron chi connectivity index (χ2n) is 3.42. The topological polar surface area (TPSA) is 43.4 Å². The van der Waals surface area contributed by atoms with Crippen molar-refractivity contribution in [3.8, 4) is 0 Å². The molecular formula is C12H12ClFO3. The Hall–Kier alpha value is -1.42. The molecule has 0 unspecified atom stereocenters. The van der Waals surface area contributed by atoms with Crippen LogP contribution in [0, 0.1) is 5.82 Å². The van der Waals surface area contributed by atoms with Gasteiger partial charge in [-0.05, 0) is 30.7 Å². The van der Waals surface area contributed by atoms with Crippen molar-refractivity contribution in [3.63, 3.8) is 0 Å². The summed E-state index contributed by atoms with van der Waals surface area (Å²) in [6.07, 6.45) is 0.00760. The van der Waals surface area contributed by atoms with E-state index in [0.29, 0.717) is 5.56 Å². The average Bonchev–Trinajstić information content (AvgIpc) is 2.28. The molecular weight excluding hydrogens is 247 g/mol. The van der Waals surface area contributed by atoms with Crippen molar-refractivity contribution in [2.75, 3.05) is 12.5 Å². The molecule has 0 spiro atoms. The highest BCUT2D eigenvalue weighted by Gasteiger charge is 2.11. The molecule has 0 N–H and O–H groups in total. The summed E-state index contributed by atoms with van der Waals surface area (Å²) < 4.78 is 18.0. The molecule has 0 aliphatic rings. The maximum atomic E-state index is 13.2. The summed E-state index contributed by atoms with van der Waals surface area (Å²) in [5.74, 6) is -1.54. The monoisotopic (exact) mass is 258 g/mol. The largest absolute Gasteiger partial charge is 0.462 e. The van der Waals surface area contributed by atoms with E-state index in [-0.39, 0.29) is 30.3 Å². The molecule has 92 valence electrons. The molecule has 0 atom stereocenters. The zero-order chi connectivity index (χ0) is 12.8. The number of Topliss-reactive ketones (excluding diaryl/α,β-unsaturated/α-hetero) is 1. The van der Waals surface area contributed by atoms with Gasteiger partial charge in [0.15, 0.2) is 5.78 Å². The molecule has 5 heteroatoms. The molecule has 0 radical (unpaired) electrons. The van der Waals surface area contributed by atoms with Gasteiger partial charge in [0.05, 0.1) is 18.1 Å². The third-order valence-electron chi connectivity index (χ3n) is 2.02. The molecule has 1 rings (SSSR count). The number of ether oxygens (including phenoxy) is 1. The molecule has 1 aromatic carbocycles. The minimum atomic E-state index is -0.605. The lowest BCUT2D eigenvalue weighted by atomic mass is 10.1. The Morgan fingerprint density at radius 3 is 2.65 bits per heavy atom. The number of carbonyl (C=O) groups excluding carboxylic acids is 2. The number of esters is 1. The van der Waals surface area contributed by atoms with Gasteiger partial charge in [-0.3, -0.25) is 4.79 Å². The van der Waals surface area contributed by atoms with E-state index in [0.717, 1.165) is 6.07 Å². The maximum Gasteiger partial charge on any atom is 0.338 e. The van der Waals surface area contributed by atoms with Crippen LogP contribution in [-0.2, 0) is 16.0 Å². The number of alkyl halides is 1. The fraction of sp³-hybridized carbons (Fsp3) is 0.333. The first-order valence-electron chi connectivity index (χ1n) is 5.11. The molecule has 1 aromatic rings. The molecule has 0 aliphatic heterocycles. The Labute approximate surface area is 104 Å². The Balaban J connectivity index is 2.93. The molecule has 0 bridgehead atoms. The number of rotatable bonds is 5. The van der Waals surface area contributed by atoms with Crippen LogP contribution in [0.25, 0.3) is 0 Å². The van der Waals surface area contributed by atoms with Gasteiger partial charge in [0.1, 0.15) is 5.82 Å². The van der Waals surface area contributed by atoms with E-state index in [1.807, 2.05) is 0 Å². The fourth-order valence-electron chi connectivity index (χ4n) is 1.36. The van der Waals surface area contributed by atoms with E-state index in [1.54, 1.807) is 6.92 Å². The van der Waals surface area contributed by atoms with Crippen molar-refractivity contribution in [2.24, 2.45) is 0 Å². The van der Waals surface area contributed by atoms with Gasteiger partial charge in [0.25, 0.3) is 0 Å². The zero-order valence-corrected chi connectivity index (χ0v) is 10.1. The smallest absolute Gasteiger partial charge is 0.338 e. The van der Waals surface area contributed by atoms with Crippen LogP contribution in [0.15, 0.2) is 18.2 Å². The van der Waals surface area contributed by atoms with E-state index in [2.05, 4.69) is 0 Å². The molecule has 0 saturated carbocycles. The molecule has 0 fully saturated rings. The Kier molecular flexibility index (Phi) is 5.10. The number of halogens is 2. The van der Waals surface area contributed by atoms with Crippen molar-refractivity contribution < 1.29 is 18.7 Å². The van der Waals surface area contributed by atoms with Crippen LogP contribution in [0.3, 0.4) is 0 Å². The van der Waals surface area contributed by atoms with Crippen molar-refractivity contribution in [3.05, 3.63) is 35.1 Å². The van der Waals surface area contributed by atoms with Crippen LogP contribution in [0.5, 0.6) is 0 Å². The highest BCUT2D eigenvalue weighted by Crippen LogP contribution is 2.12. The van der Waals surface area contributed by atoms with Gasteiger partial charge in [-0.2, -0.15) is 0 Å². The molecule has 0 aliphatic carbocycles. The van der Waals surface area contributed by atoms with Crippen LogP contribution in [-0.4, -0.2) is 24.2 Å². The van der Waals surface area contributed by atoms with Gasteiger partial charge in [-0.1, -0.05) is 0 Å². The van der Waals surface area contributed by atoms with Gasteiger partial charge in [0.2, 0.25) is 0 Å². The Morgan fingerprint density at radius 1 is 1.35 bits per heavy atom. The minimum absolute atomic E-state index is 0.00760. The van der Waals surface area contributed by atoms with Crippen molar-refractivity contribution in [1.29, 1.82) is 0 Å². The lowest BCUT2D eigenvalue weighted by Gasteiger charge is -2.05. The first kappa shape index (κ1) is 13.6. The summed E-state index contributed by atoms with van der Waals surface area (Å²) in [6.45, 7) is 1.88. The van der Waals surface area contributed by atoms with Crippen LogP contribution in [0.2, 0.25) is 0 Å². The van der Waals surface area contributed by atoms with Gasteiger partial charge in [0, 0.05) is 6.42 Å². The van der Waals surface area contributed by atoms with Crippen molar-refractivity contribution >= 4 is 23.4 Å². The number of carbonyl (C=O) groups is 2. The first-order chi connectivity index (χ1) is 8.06. The van der Waals surface area contributed by atoms with E-state index < -0.39 is 11.8 Å². The number of hydrogen-bond donors (Lipinski definition) is 0. The van der Waals surface area contributed by atoms with Crippen LogP contribution in [0.4, 0.5) is 4.39 Å². The third-order valence-corrected chi connectivity index (χ3v) is 2.32. The van der Waals surface area contributed by atoms with E-state index in [4.69, 9.17) is 16.3 Å². The summed E-state index contributed by atoms with van der Waals surface area (Å²) in [6, 6.07) is 3.71. The third kappa shape index (κ3) is 4.15. The minimum Gasteiger partial charge on any atom is -0.462 e. The van der Waals surface area contributed by atoms with Gasteiger partial charge >= 0.3 is 5.97 Å². The predicted molar refractivity (Wildman–Crippen MR) is 61.8 cm³/mol. The summed E-state index contributed by atoms with van der Waals surface area (Å²) >= 11 is 5.36. The molecule has 0 saturated heterocycles. The number of benzene rings is 1. The Morgan fingerprint density at radius 2 is 2.06 bits per heavy atom. The van der Waals surface area contributed by atoms with Crippen molar-refractivity contribution in [2.45, 2.75) is 13.3 Å². The summed E-state index contributed by atoms with van der Waals surface area (Å²) in [4.78, 5) is 22.5. The molecule has 0 aromatic heterocycles. The fourth-order valence-corrected chi connectivity index (χ4v) is 1.45. The number of hydrogen-bond acceptors (Lipinski definition) is 3. The summed E-state index contributed by atoms with van der Waals surface area (Å²) in [5, 5.41) is 0. The van der Waals surface area contributed by atoms with E-state index >= 15 is 0 Å². The zero-order valence-electron chi connectivity index (χ0n) is 9.33. The molecule has 0 amide bonds. The summed E-state index contributed by atoms with van der Waals surface area (Å²) in [7, 11) is 0. The SMILES string of the molecule is CCOC(=O)c1cc(F)cc(CC(=O)CCl)c1. The lowest BCUT2D eigenvalue weighted by Crippen LogP contribution is -2.08. The first-order valence-corrected chi connectivity index (χ1v) is 5.64. The highest BCUT2D eigenvalue weighted by atomic mass is 35.5. The van der Waals surface area contributed by atoms with Gasteiger partial charge in [-0.15, -0.1) is 11.6 Å². The average molecular weight is 259 g/mol. The van der Waals surface area contributed by atoms with Gasteiger partial charge in [-0.25, -0.2) is 9.18 Å². The highest BCUT2D eigenvalue weighted by molar-refractivity contribution is 6.27. The van der Waals surface area contributed by atoms with Crippen LogP contribution >= 0.6 is 11.6 Å². The molecule has 17 heavy (non-hydrogen) atoms. The maximum absolute atomic E-state index is 13.2. The lowest BCUT2D eigenvalue weighted by molar-refractivity contribution is -0.116. The second kappa shape index (κ2) is 6.35. The standard InChI is InChI=1S/C12H12ClFO3/c1-2-17-12(16)9-3-8(4-10(14)6-9)5-11(15)7-13/h3-4,6H,2,5,7H2,1H3. The quantitative estimate of drug-likeness (QED) is 0.601. The Bertz CT molecular complexity index is 432. The van der Waals surface area contributed by atoms with Gasteiger partial charge < -0.3 is 4.74 Å². The van der Waals surface area contributed by atoms with Crippen LogP contribution in [0.1, 0.15) is 22.8 Å². The second-order valence-corrected chi connectivity index (χ2v) is 3.68. The predicted octanol–water partition coefficient (Wildman–Crippen LogP) is 2.35.